The molecular formula is C31H49N. The van der Waals surface area contributed by atoms with Gasteiger partial charge < -0.3 is 0 Å². The number of nitrogens with zero attached hydrogens (tertiary/aromatic N) is 1. The molecule has 178 valence electrons. The second-order valence-electron chi connectivity index (χ2n) is 12.5. The van der Waals surface area contributed by atoms with Crippen molar-refractivity contribution in [1.82, 2.24) is 0 Å². The van der Waals surface area contributed by atoms with E-state index in [-0.39, 0.29) is 0 Å². The number of allylic oxidation sites excluding steroid dienone is 3. The Morgan fingerprint density at radius 1 is 1.09 bits per heavy atom. The van der Waals surface area contributed by atoms with Gasteiger partial charge in [0.1, 0.15) is 0 Å². The maximum atomic E-state index is 9.15. The summed E-state index contributed by atoms with van der Waals surface area (Å²) in [7, 11) is 0. The first kappa shape index (κ1) is 24.1. The molecule has 4 saturated carbocycles. The van der Waals surface area contributed by atoms with Gasteiger partial charge in [-0.3, -0.25) is 0 Å². The Morgan fingerprint density at radius 3 is 2.66 bits per heavy atom. The fraction of sp³-hybridized carbons (Fsp3) is 0.839. The van der Waals surface area contributed by atoms with E-state index >= 15 is 0 Å². The van der Waals surface area contributed by atoms with Crippen LogP contribution in [0.15, 0.2) is 24.3 Å². The summed E-state index contributed by atoms with van der Waals surface area (Å²) >= 11 is 0. The molecule has 0 aromatic rings. The minimum Gasteiger partial charge on any atom is -0.192 e. The van der Waals surface area contributed by atoms with E-state index in [1.165, 1.54) is 57.8 Å². The van der Waals surface area contributed by atoms with Gasteiger partial charge in [0.2, 0.25) is 0 Å². The Hall–Kier alpha value is -1.03. The van der Waals surface area contributed by atoms with Crippen molar-refractivity contribution in [3.05, 3.63) is 24.3 Å². The average molecular weight is 436 g/mol. The van der Waals surface area contributed by atoms with Gasteiger partial charge in [0, 0.05) is 5.57 Å². The minimum absolute atomic E-state index is 0.575. The third-order valence-electron chi connectivity index (χ3n) is 11.1. The molecule has 0 saturated heterocycles. The molecule has 9 atom stereocenters. The highest BCUT2D eigenvalue weighted by Crippen LogP contribution is 2.65. The Morgan fingerprint density at radius 2 is 1.91 bits per heavy atom. The molecule has 0 N–H and O–H groups in total. The van der Waals surface area contributed by atoms with Gasteiger partial charge in [-0.15, -0.1) is 0 Å². The average Bonchev–Trinajstić information content (AvgIpc) is 3.17. The van der Waals surface area contributed by atoms with Gasteiger partial charge in [-0.1, -0.05) is 65.2 Å². The van der Waals surface area contributed by atoms with Crippen molar-refractivity contribution in [2.75, 3.05) is 0 Å². The van der Waals surface area contributed by atoms with Crippen molar-refractivity contribution < 1.29 is 0 Å². The smallest absolute Gasteiger partial charge is 0.0987 e. The Labute approximate surface area is 199 Å². The third kappa shape index (κ3) is 4.63. The monoisotopic (exact) mass is 435 g/mol. The van der Waals surface area contributed by atoms with Crippen LogP contribution in [0.5, 0.6) is 0 Å². The first-order chi connectivity index (χ1) is 15.5. The second kappa shape index (κ2) is 10.5. The second-order valence-corrected chi connectivity index (χ2v) is 12.5. The fourth-order valence-electron chi connectivity index (χ4n) is 9.56. The zero-order valence-corrected chi connectivity index (χ0v) is 21.3. The Balaban J connectivity index is 1.37. The number of rotatable bonds is 8. The summed E-state index contributed by atoms with van der Waals surface area (Å²) in [5.41, 5.74) is 1.32. The molecule has 4 aliphatic carbocycles. The summed E-state index contributed by atoms with van der Waals surface area (Å²) < 4.78 is 0. The summed E-state index contributed by atoms with van der Waals surface area (Å²) in [6.07, 6.45) is 24.1. The molecule has 4 aliphatic rings. The van der Waals surface area contributed by atoms with Crippen molar-refractivity contribution in [1.29, 1.82) is 5.26 Å². The van der Waals surface area contributed by atoms with E-state index in [0.29, 0.717) is 5.41 Å². The van der Waals surface area contributed by atoms with Crippen LogP contribution >= 0.6 is 0 Å². The van der Waals surface area contributed by atoms with Crippen LogP contribution < -0.4 is 0 Å². The van der Waals surface area contributed by atoms with Gasteiger partial charge in [0.15, 0.2) is 0 Å². The van der Waals surface area contributed by atoms with Crippen LogP contribution in [0, 0.1) is 64.1 Å². The number of unbranched alkanes of at least 4 members (excludes halogenated alkanes) is 1. The quantitative estimate of drug-likeness (QED) is 0.275. The van der Waals surface area contributed by atoms with Crippen LogP contribution in [0.3, 0.4) is 0 Å². The molecular weight excluding hydrogens is 386 g/mol. The molecule has 0 heterocycles. The van der Waals surface area contributed by atoms with E-state index in [4.69, 9.17) is 5.26 Å². The summed E-state index contributed by atoms with van der Waals surface area (Å²) in [5, 5.41) is 9.15. The third-order valence-corrected chi connectivity index (χ3v) is 11.1. The largest absolute Gasteiger partial charge is 0.192 e. The Kier molecular flexibility index (Phi) is 7.90. The van der Waals surface area contributed by atoms with Crippen molar-refractivity contribution in [2.45, 2.75) is 111 Å². The van der Waals surface area contributed by atoms with Crippen LogP contribution in [-0.4, -0.2) is 0 Å². The summed E-state index contributed by atoms with van der Waals surface area (Å²) in [6.45, 7) is 11.3. The standard InChI is InChI=1S/C31H49N/c1-5-7-10-24-12-14-26-25(20-24)13-15-28-27(26)18-19-31(4)29(16-17-30(28)31)22(3)9-8-11-23(6-2)21-32/h6,11,22,24-30H,2,5,7-10,12-20H2,1,3-4H3/b23-11+/t22-,24-,25-,26?,27+,28+,29?,30-,31+/m0/s1. The lowest BCUT2D eigenvalue weighted by Gasteiger charge is -2.57. The molecule has 4 rings (SSSR count). The zero-order valence-electron chi connectivity index (χ0n) is 21.3. The van der Waals surface area contributed by atoms with Gasteiger partial charge in [-0.05, 0) is 117 Å². The minimum atomic E-state index is 0.575. The van der Waals surface area contributed by atoms with E-state index in [2.05, 4.69) is 39.5 Å². The molecule has 0 spiro atoms. The van der Waals surface area contributed by atoms with Gasteiger partial charge in [-0.2, -0.15) is 5.26 Å². The van der Waals surface area contributed by atoms with E-state index in [1.807, 2.05) is 0 Å². The summed E-state index contributed by atoms with van der Waals surface area (Å²) in [5.74, 6) is 7.93. The Bertz CT molecular complexity index is 712. The molecule has 1 nitrogen and oxygen atoms in total. The van der Waals surface area contributed by atoms with Crippen molar-refractivity contribution in [2.24, 2.45) is 52.8 Å². The van der Waals surface area contributed by atoms with Gasteiger partial charge in [-0.25, -0.2) is 0 Å². The van der Waals surface area contributed by atoms with Crippen LogP contribution in [0.25, 0.3) is 0 Å². The number of hydrogen-bond acceptors (Lipinski definition) is 1. The highest BCUT2D eigenvalue weighted by atomic mass is 14.6. The number of nitriles is 1. The molecule has 0 aromatic heterocycles. The van der Waals surface area contributed by atoms with Crippen molar-refractivity contribution in [3.8, 4) is 6.07 Å². The van der Waals surface area contributed by atoms with Crippen molar-refractivity contribution in [3.63, 3.8) is 0 Å². The summed E-state index contributed by atoms with van der Waals surface area (Å²) in [4.78, 5) is 0. The van der Waals surface area contributed by atoms with Crippen molar-refractivity contribution >= 4 is 0 Å². The SMILES string of the molecule is C=C/C(C#N)=C\CC[C@H](C)C1CC[C@H]2[C@@H]3CC[C@H]4C[C@@H](CCCC)CCC4[C@H]3CC[C@]12C. The zero-order chi connectivity index (χ0) is 22.7. The van der Waals surface area contributed by atoms with E-state index in [1.54, 1.807) is 31.8 Å². The lowest BCUT2D eigenvalue weighted by molar-refractivity contribution is -0.0744. The lowest BCUT2D eigenvalue weighted by Crippen LogP contribution is -2.49. The molecule has 0 bridgehead atoms. The highest BCUT2D eigenvalue weighted by molar-refractivity contribution is 5.30. The van der Waals surface area contributed by atoms with Gasteiger partial charge >= 0.3 is 0 Å². The van der Waals surface area contributed by atoms with E-state index < -0.39 is 0 Å². The number of fused-ring (bicyclic) bond motifs is 5. The molecule has 1 heteroatoms. The molecule has 4 fully saturated rings. The molecule has 32 heavy (non-hydrogen) atoms. The normalized spacial score (nSPS) is 42.3. The predicted octanol–water partition coefficient (Wildman–Crippen LogP) is 9.11. The van der Waals surface area contributed by atoms with Crippen LogP contribution in [0.1, 0.15) is 111 Å². The predicted molar refractivity (Wildman–Crippen MR) is 136 cm³/mol. The molecule has 0 aliphatic heterocycles. The van der Waals surface area contributed by atoms with E-state index in [9.17, 15) is 0 Å². The maximum absolute atomic E-state index is 9.15. The lowest BCUT2D eigenvalue weighted by atomic mass is 9.48. The van der Waals surface area contributed by atoms with E-state index in [0.717, 1.165) is 59.3 Å². The van der Waals surface area contributed by atoms with Crippen LogP contribution in [-0.2, 0) is 0 Å². The molecule has 0 aromatic carbocycles. The maximum Gasteiger partial charge on any atom is 0.0987 e. The molecule has 0 amide bonds. The first-order valence-corrected chi connectivity index (χ1v) is 14.2. The topological polar surface area (TPSA) is 23.8 Å². The fourth-order valence-corrected chi connectivity index (χ4v) is 9.56. The van der Waals surface area contributed by atoms with Gasteiger partial charge in [0.05, 0.1) is 6.07 Å². The highest BCUT2D eigenvalue weighted by Gasteiger charge is 2.57. The molecule has 2 unspecified atom stereocenters. The van der Waals surface area contributed by atoms with Crippen LogP contribution in [0.4, 0.5) is 0 Å². The molecule has 0 radical (unpaired) electrons. The number of hydrogen-bond donors (Lipinski definition) is 0. The van der Waals surface area contributed by atoms with Crippen LogP contribution in [0.2, 0.25) is 0 Å². The summed E-state index contributed by atoms with van der Waals surface area (Å²) in [6, 6.07) is 2.26. The van der Waals surface area contributed by atoms with Gasteiger partial charge in [0.25, 0.3) is 0 Å². The first-order valence-electron chi connectivity index (χ1n) is 14.2.